The number of hydrogen-bond donors (Lipinski definition) is 2. The zero-order valence-corrected chi connectivity index (χ0v) is 10.6. The summed E-state index contributed by atoms with van der Waals surface area (Å²) < 4.78 is 0. The summed E-state index contributed by atoms with van der Waals surface area (Å²) in [5, 5.41) is 13.1. The molecule has 0 saturated heterocycles. The van der Waals surface area contributed by atoms with Gasteiger partial charge in [0.25, 0.3) is 0 Å². The van der Waals surface area contributed by atoms with Crippen molar-refractivity contribution in [2.75, 3.05) is 0 Å². The number of rotatable bonds is 5. The molecule has 2 N–H and O–H groups in total. The second-order valence-corrected chi connectivity index (χ2v) is 5.03. The first-order valence-electron chi connectivity index (χ1n) is 5.48. The molecule has 1 aliphatic rings. The minimum Gasteiger partial charge on any atom is -0.480 e. The molecule has 0 aromatic heterocycles. The molecule has 1 aromatic carbocycles. The van der Waals surface area contributed by atoms with Gasteiger partial charge < -0.3 is 10.4 Å². The van der Waals surface area contributed by atoms with Gasteiger partial charge in [-0.1, -0.05) is 35.3 Å². The molecule has 1 fully saturated rings. The number of hydrogen-bond acceptors (Lipinski definition) is 2. The molecule has 0 heterocycles. The lowest BCUT2D eigenvalue weighted by atomic mass is 10.1. The van der Waals surface area contributed by atoms with Crippen molar-refractivity contribution in [3.63, 3.8) is 0 Å². The Balaban J connectivity index is 2.01. The van der Waals surface area contributed by atoms with Gasteiger partial charge in [-0.25, -0.2) is 0 Å². The maximum absolute atomic E-state index is 11.0. The zero-order valence-electron chi connectivity index (χ0n) is 9.12. The first kappa shape index (κ1) is 12.7. The van der Waals surface area contributed by atoms with E-state index in [-0.39, 0.29) is 5.92 Å². The number of carboxylic acids is 1. The van der Waals surface area contributed by atoms with E-state index in [2.05, 4.69) is 5.32 Å². The SMILES string of the molecule is O=C(O)C(NCc1cccc(Cl)c1Cl)C1CC1. The van der Waals surface area contributed by atoms with Crippen LogP contribution in [0.1, 0.15) is 18.4 Å². The molecule has 3 nitrogen and oxygen atoms in total. The molecule has 0 bridgehead atoms. The van der Waals surface area contributed by atoms with Crippen LogP contribution in [0.2, 0.25) is 10.0 Å². The van der Waals surface area contributed by atoms with Gasteiger partial charge in [-0.2, -0.15) is 0 Å². The van der Waals surface area contributed by atoms with Gasteiger partial charge in [-0.3, -0.25) is 4.79 Å². The van der Waals surface area contributed by atoms with Crippen molar-refractivity contribution in [2.24, 2.45) is 5.92 Å². The Bertz CT molecular complexity index is 433. The quantitative estimate of drug-likeness (QED) is 0.867. The Morgan fingerprint density at radius 3 is 2.76 bits per heavy atom. The molecule has 0 radical (unpaired) electrons. The summed E-state index contributed by atoms with van der Waals surface area (Å²) in [7, 11) is 0. The fourth-order valence-electron chi connectivity index (χ4n) is 1.79. The van der Waals surface area contributed by atoms with Crippen LogP contribution in [-0.2, 0) is 11.3 Å². The third-order valence-electron chi connectivity index (χ3n) is 2.90. The predicted molar refractivity (Wildman–Crippen MR) is 67.4 cm³/mol. The fraction of sp³-hybridized carbons (Fsp3) is 0.417. The number of carboxylic acid groups (broad SMARTS) is 1. The van der Waals surface area contributed by atoms with Gasteiger partial charge in [-0.05, 0) is 30.4 Å². The molecule has 17 heavy (non-hydrogen) atoms. The largest absolute Gasteiger partial charge is 0.480 e. The minimum absolute atomic E-state index is 0.255. The van der Waals surface area contributed by atoms with Crippen LogP contribution in [0, 0.1) is 5.92 Å². The Hall–Kier alpha value is -0.770. The molecule has 0 aliphatic heterocycles. The summed E-state index contributed by atoms with van der Waals surface area (Å²) in [6, 6.07) is 4.87. The second-order valence-electron chi connectivity index (χ2n) is 4.25. The van der Waals surface area contributed by atoms with E-state index in [1.165, 1.54) is 0 Å². The lowest BCUT2D eigenvalue weighted by molar-refractivity contribution is -0.140. The maximum atomic E-state index is 11.0. The van der Waals surface area contributed by atoms with Gasteiger partial charge in [0.2, 0.25) is 0 Å². The van der Waals surface area contributed by atoms with Crippen molar-refractivity contribution in [3.8, 4) is 0 Å². The highest BCUT2D eigenvalue weighted by atomic mass is 35.5. The summed E-state index contributed by atoms with van der Waals surface area (Å²) in [5.41, 5.74) is 0.825. The van der Waals surface area contributed by atoms with Crippen LogP contribution in [0.4, 0.5) is 0 Å². The number of halogens is 2. The Kier molecular flexibility index (Phi) is 3.92. The van der Waals surface area contributed by atoms with E-state index in [9.17, 15) is 4.79 Å². The molecule has 1 atom stereocenters. The van der Waals surface area contributed by atoms with E-state index in [1.54, 1.807) is 12.1 Å². The zero-order chi connectivity index (χ0) is 12.4. The van der Waals surface area contributed by atoms with Crippen LogP contribution in [0.25, 0.3) is 0 Å². The van der Waals surface area contributed by atoms with Gasteiger partial charge in [0.15, 0.2) is 0 Å². The van der Waals surface area contributed by atoms with E-state index in [0.717, 1.165) is 18.4 Å². The first-order chi connectivity index (χ1) is 8.09. The smallest absolute Gasteiger partial charge is 0.320 e. The van der Waals surface area contributed by atoms with Crippen molar-refractivity contribution >= 4 is 29.2 Å². The molecule has 1 aliphatic carbocycles. The normalized spacial score (nSPS) is 16.8. The summed E-state index contributed by atoms with van der Waals surface area (Å²) >= 11 is 11.9. The predicted octanol–water partition coefficient (Wildman–Crippen LogP) is 2.95. The molecule has 92 valence electrons. The molecule has 2 rings (SSSR count). The lowest BCUT2D eigenvalue weighted by Crippen LogP contribution is -2.38. The van der Waals surface area contributed by atoms with Crippen LogP contribution < -0.4 is 5.32 Å². The molecule has 5 heteroatoms. The summed E-state index contributed by atoms with van der Waals surface area (Å²) in [4.78, 5) is 11.0. The third-order valence-corrected chi connectivity index (χ3v) is 3.76. The lowest BCUT2D eigenvalue weighted by Gasteiger charge is -2.14. The second kappa shape index (κ2) is 5.25. The average molecular weight is 274 g/mol. The van der Waals surface area contributed by atoms with Crippen molar-refractivity contribution < 1.29 is 9.90 Å². The molecule has 1 unspecified atom stereocenters. The molecular weight excluding hydrogens is 261 g/mol. The van der Waals surface area contributed by atoms with Crippen molar-refractivity contribution in [3.05, 3.63) is 33.8 Å². The first-order valence-corrected chi connectivity index (χ1v) is 6.24. The topological polar surface area (TPSA) is 49.3 Å². The van der Waals surface area contributed by atoms with Gasteiger partial charge in [0, 0.05) is 6.54 Å². The number of nitrogens with one attached hydrogen (secondary N) is 1. The van der Waals surface area contributed by atoms with Gasteiger partial charge in [0.1, 0.15) is 6.04 Å². The summed E-state index contributed by atoms with van der Waals surface area (Å²) in [5.74, 6) is -0.545. The van der Waals surface area contributed by atoms with Gasteiger partial charge >= 0.3 is 5.97 Å². The van der Waals surface area contributed by atoms with E-state index < -0.39 is 12.0 Å². The number of carbonyl (C=O) groups is 1. The minimum atomic E-state index is -0.800. The monoisotopic (exact) mass is 273 g/mol. The van der Waals surface area contributed by atoms with Crippen LogP contribution in [0.15, 0.2) is 18.2 Å². The van der Waals surface area contributed by atoms with E-state index >= 15 is 0 Å². The fourth-order valence-corrected chi connectivity index (χ4v) is 2.18. The van der Waals surface area contributed by atoms with Gasteiger partial charge in [-0.15, -0.1) is 0 Å². The number of aliphatic carboxylic acids is 1. The van der Waals surface area contributed by atoms with Crippen LogP contribution in [0.3, 0.4) is 0 Å². The third kappa shape index (κ3) is 3.12. The molecule has 1 saturated carbocycles. The maximum Gasteiger partial charge on any atom is 0.320 e. The highest BCUT2D eigenvalue weighted by Gasteiger charge is 2.35. The highest BCUT2D eigenvalue weighted by Crippen LogP contribution is 2.33. The van der Waals surface area contributed by atoms with E-state index in [1.807, 2.05) is 6.07 Å². The van der Waals surface area contributed by atoms with Crippen LogP contribution in [-0.4, -0.2) is 17.1 Å². The van der Waals surface area contributed by atoms with E-state index in [4.69, 9.17) is 28.3 Å². The Morgan fingerprint density at radius 2 is 2.18 bits per heavy atom. The van der Waals surface area contributed by atoms with Crippen molar-refractivity contribution in [1.29, 1.82) is 0 Å². The van der Waals surface area contributed by atoms with Crippen LogP contribution >= 0.6 is 23.2 Å². The average Bonchev–Trinajstić information content (AvgIpc) is 3.08. The Labute approximate surface area is 110 Å². The summed E-state index contributed by atoms with van der Waals surface area (Å²) in [6.07, 6.45) is 1.96. The molecule has 1 aromatic rings. The van der Waals surface area contributed by atoms with Crippen molar-refractivity contribution in [2.45, 2.75) is 25.4 Å². The van der Waals surface area contributed by atoms with E-state index in [0.29, 0.717) is 16.6 Å². The molecule has 0 amide bonds. The van der Waals surface area contributed by atoms with Gasteiger partial charge in [0.05, 0.1) is 10.0 Å². The van der Waals surface area contributed by atoms with Crippen molar-refractivity contribution in [1.82, 2.24) is 5.32 Å². The highest BCUT2D eigenvalue weighted by molar-refractivity contribution is 6.42. The summed E-state index contributed by atoms with van der Waals surface area (Å²) in [6.45, 7) is 0.423. The molecular formula is C12H13Cl2NO2. The number of benzene rings is 1. The molecule has 0 spiro atoms. The van der Waals surface area contributed by atoms with Crippen LogP contribution in [0.5, 0.6) is 0 Å². The Morgan fingerprint density at radius 1 is 1.47 bits per heavy atom. The standard InChI is InChI=1S/C12H13Cl2NO2/c13-9-3-1-2-8(10(9)14)6-15-11(12(16)17)7-4-5-7/h1-3,7,11,15H,4-6H2,(H,16,17).